The van der Waals surface area contributed by atoms with Crippen LogP contribution in [-0.4, -0.2) is 43.1 Å². The molecule has 8 heteroatoms. The Balaban J connectivity index is 2.20. The summed E-state index contributed by atoms with van der Waals surface area (Å²) in [5.41, 5.74) is 10.7. The maximum absolute atomic E-state index is 11.6. The van der Waals surface area contributed by atoms with E-state index in [2.05, 4.69) is 10.6 Å². The van der Waals surface area contributed by atoms with E-state index in [0.717, 1.165) is 13.0 Å². The number of hydrogen-bond acceptors (Lipinski definition) is 6. The Bertz CT molecular complexity index is 341. The number of esters is 2. The molecular formula is C11H21N5O3. The minimum Gasteiger partial charge on any atom is -0.391 e. The standard InChI is InChI=1S/C11H21N5O3/c12-7(3-1-6-16-11(13)14)9(17)19-10(18)8-4-2-5-15-8/h7-8,15H,1-6,12H2,(H4,13,14,16)/t7?,8-/m0/s1. The molecule has 108 valence electrons. The number of nitrogens with two attached hydrogens (primary N) is 2. The third-order valence-electron chi connectivity index (χ3n) is 2.86. The minimum atomic E-state index is -0.834. The average Bonchev–Trinajstić information content (AvgIpc) is 2.87. The van der Waals surface area contributed by atoms with E-state index in [9.17, 15) is 9.59 Å². The van der Waals surface area contributed by atoms with Crippen LogP contribution in [0.25, 0.3) is 0 Å². The number of ether oxygens (including phenoxy) is 1. The van der Waals surface area contributed by atoms with Gasteiger partial charge in [0.2, 0.25) is 0 Å². The summed E-state index contributed by atoms with van der Waals surface area (Å²) in [6, 6.07) is -1.23. The predicted octanol–water partition coefficient (Wildman–Crippen LogP) is -1.60. The van der Waals surface area contributed by atoms with Gasteiger partial charge in [-0.25, -0.2) is 9.59 Å². The lowest BCUT2D eigenvalue weighted by Gasteiger charge is -2.13. The molecule has 7 N–H and O–H groups in total. The molecule has 0 aromatic heterocycles. The SMILES string of the molecule is N=C(N)NCCCC(N)C(=O)OC(=O)[C@@H]1CCCN1. The van der Waals surface area contributed by atoms with Gasteiger partial charge in [-0.3, -0.25) is 5.41 Å². The lowest BCUT2D eigenvalue weighted by molar-refractivity contribution is -0.162. The van der Waals surface area contributed by atoms with Gasteiger partial charge < -0.3 is 26.8 Å². The van der Waals surface area contributed by atoms with Gasteiger partial charge in [-0.15, -0.1) is 0 Å². The fraction of sp³-hybridized carbons (Fsp3) is 0.727. The summed E-state index contributed by atoms with van der Waals surface area (Å²) in [4.78, 5) is 23.1. The van der Waals surface area contributed by atoms with Crippen molar-refractivity contribution < 1.29 is 14.3 Å². The van der Waals surface area contributed by atoms with Crippen molar-refractivity contribution in [1.82, 2.24) is 10.6 Å². The van der Waals surface area contributed by atoms with E-state index in [0.29, 0.717) is 25.8 Å². The molecule has 8 nitrogen and oxygen atoms in total. The van der Waals surface area contributed by atoms with Gasteiger partial charge in [0.25, 0.3) is 0 Å². The first kappa shape index (κ1) is 15.4. The van der Waals surface area contributed by atoms with E-state index < -0.39 is 24.0 Å². The number of rotatable bonds is 6. The number of carbonyl (C=O) groups excluding carboxylic acids is 2. The Hall–Kier alpha value is -1.67. The fourth-order valence-corrected chi connectivity index (χ4v) is 1.79. The molecule has 1 aliphatic heterocycles. The van der Waals surface area contributed by atoms with Gasteiger partial charge in [0, 0.05) is 6.54 Å². The molecule has 0 bridgehead atoms. The molecule has 1 unspecified atom stereocenters. The summed E-state index contributed by atoms with van der Waals surface area (Å²) in [5, 5.41) is 12.5. The quantitative estimate of drug-likeness (QED) is 0.129. The van der Waals surface area contributed by atoms with Crippen molar-refractivity contribution in [3.63, 3.8) is 0 Å². The van der Waals surface area contributed by atoms with Crippen molar-refractivity contribution in [3.8, 4) is 0 Å². The van der Waals surface area contributed by atoms with Crippen molar-refractivity contribution in [2.24, 2.45) is 11.5 Å². The first-order valence-electron chi connectivity index (χ1n) is 6.33. The lowest BCUT2D eigenvalue weighted by atomic mass is 10.1. The fourth-order valence-electron chi connectivity index (χ4n) is 1.79. The van der Waals surface area contributed by atoms with E-state index in [1.54, 1.807) is 0 Å². The normalized spacial score (nSPS) is 19.7. The van der Waals surface area contributed by atoms with Gasteiger partial charge >= 0.3 is 11.9 Å². The number of carbonyl (C=O) groups is 2. The van der Waals surface area contributed by atoms with Crippen LogP contribution in [-0.2, 0) is 14.3 Å². The minimum absolute atomic E-state index is 0.126. The van der Waals surface area contributed by atoms with Crippen molar-refractivity contribution in [1.29, 1.82) is 5.41 Å². The Morgan fingerprint density at radius 1 is 1.53 bits per heavy atom. The van der Waals surface area contributed by atoms with Crippen molar-refractivity contribution in [3.05, 3.63) is 0 Å². The van der Waals surface area contributed by atoms with Crippen molar-refractivity contribution in [2.45, 2.75) is 37.8 Å². The number of guanidine groups is 1. The summed E-state index contributed by atoms with van der Waals surface area (Å²) in [7, 11) is 0. The monoisotopic (exact) mass is 271 g/mol. The molecule has 1 saturated heterocycles. The molecule has 1 heterocycles. The summed E-state index contributed by atoms with van der Waals surface area (Å²) in [6.45, 7) is 1.21. The molecule has 0 saturated carbocycles. The number of hydrogen-bond donors (Lipinski definition) is 5. The molecule has 1 fully saturated rings. The van der Waals surface area contributed by atoms with E-state index in [-0.39, 0.29) is 5.96 Å². The smallest absolute Gasteiger partial charge is 0.330 e. The molecular weight excluding hydrogens is 250 g/mol. The summed E-state index contributed by atoms with van der Waals surface area (Å²) < 4.78 is 4.72. The Morgan fingerprint density at radius 3 is 2.84 bits per heavy atom. The Kier molecular flexibility index (Phi) is 6.23. The summed E-state index contributed by atoms with van der Waals surface area (Å²) >= 11 is 0. The molecule has 0 aromatic carbocycles. The molecule has 1 aliphatic rings. The molecule has 19 heavy (non-hydrogen) atoms. The van der Waals surface area contributed by atoms with E-state index >= 15 is 0 Å². The summed E-state index contributed by atoms with van der Waals surface area (Å²) in [6.07, 6.45) is 2.51. The largest absolute Gasteiger partial charge is 0.391 e. The maximum atomic E-state index is 11.6. The molecule has 0 spiro atoms. The lowest BCUT2D eigenvalue weighted by Crippen LogP contribution is -2.40. The zero-order chi connectivity index (χ0) is 14.3. The van der Waals surface area contributed by atoms with Crippen LogP contribution in [0, 0.1) is 5.41 Å². The van der Waals surface area contributed by atoms with Crippen molar-refractivity contribution >= 4 is 17.9 Å². The number of nitrogens with one attached hydrogen (secondary N) is 3. The van der Waals surface area contributed by atoms with Crippen LogP contribution in [0.3, 0.4) is 0 Å². The predicted molar refractivity (Wildman–Crippen MR) is 69.2 cm³/mol. The zero-order valence-electron chi connectivity index (χ0n) is 10.8. The van der Waals surface area contributed by atoms with E-state index in [1.807, 2.05) is 0 Å². The van der Waals surface area contributed by atoms with Crippen LogP contribution < -0.4 is 22.1 Å². The first-order chi connectivity index (χ1) is 9.00. The zero-order valence-corrected chi connectivity index (χ0v) is 10.8. The molecule has 0 radical (unpaired) electrons. The van der Waals surface area contributed by atoms with Gasteiger partial charge in [-0.05, 0) is 32.2 Å². The van der Waals surface area contributed by atoms with Crippen LogP contribution in [0.4, 0.5) is 0 Å². The highest BCUT2D eigenvalue weighted by atomic mass is 16.6. The second-order valence-electron chi connectivity index (χ2n) is 4.48. The van der Waals surface area contributed by atoms with Gasteiger partial charge in [0.05, 0.1) is 0 Å². The second-order valence-corrected chi connectivity index (χ2v) is 4.48. The third-order valence-corrected chi connectivity index (χ3v) is 2.86. The van der Waals surface area contributed by atoms with Gasteiger partial charge in [0.1, 0.15) is 12.1 Å². The third kappa shape index (κ3) is 5.66. The van der Waals surface area contributed by atoms with E-state index in [4.69, 9.17) is 21.6 Å². The van der Waals surface area contributed by atoms with Crippen LogP contribution in [0.5, 0.6) is 0 Å². The highest BCUT2D eigenvalue weighted by Crippen LogP contribution is 2.07. The molecule has 0 aliphatic carbocycles. The topological polar surface area (TPSA) is 143 Å². The van der Waals surface area contributed by atoms with E-state index in [1.165, 1.54) is 0 Å². The van der Waals surface area contributed by atoms with Gasteiger partial charge in [0.15, 0.2) is 5.96 Å². The molecule has 1 rings (SSSR count). The highest BCUT2D eigenvalue weighted by molar-refractivity contribution is 5.90. The van der Waals surface area contributed by atoms with Gasteiger partial charge in [-0.1, -0.05) is 0 Å². The molecule has 0 amide bonds. The van der Waals surface area contributed by atoms with Gasteiger partial charge in [-0.2, -0.15) is 0 Å². The first-order valence-corrected chi connectivity index (χ1v) is 6.33. The van der Waals surface area contributed by atoms with Crippen molar-refractivity contribution in [2.75, 3.05) is 13.1 Å². The summed E-state index contributed by atoms with van der Waals surface area (Å²) in [5.74, 6) is -1.39. The van der Waals surface area contributed by atoms with Crippen LogP contribution >= 0.6 is 0 Å². The van der Waals surface area contributed by atoms with Crippen LogP contribution in [0.1, 0.15) is 25.7 Å². The van der Waals surface area contributed by atoms with Crippen LogP contribution in [0.2, 0.25) is 0 Å². The maximum Gasteiger partial charge on any atom is 0.330 e. The Morgan fingerprint density at radius 2 is 2.26 bits per heavy atom. The molecule has 0 aromatic rings. The second kappa shape index (κ2) is 7.70. The average molecular weight is 271 g/mol. The van der Waals surface area contributed by atoms with Crippen LogP contribution in [0.15, 0.2) is 0 Å². The highest BCUT2D eigenvalue weighted by Gasteiger charge is 2.27. The Labute approximate surface area is 111 Å². The molecule has 2 atom stereocenters.